The van der Waals surface area contributed by atoms with Gasteiger partial charge in [-0.25, -0.2) is 4.79 Å². The molecule has 0 radical (unpaired) electrons. The average molecular weight is 341 g/mol. The molecule has 25 heavy (non-hydrogen) atoms. The lowest BCUT2D eigenvalue weighted by Crippen LogP contribution is -2.61. The van der Waals surface area contributed by atoms with Crippen LogP contribution in [0.5, 0.6) is 0 Å². The van der Waals surface area contributed by atoms with E-state index in [1.165, 1.54) is 26.4 Å². The van der Waals surface area contributed by atoms with Gasteiger partial charge in [0.1, 0.15) is 0 Å². The number of ether oxygens (including phenoxy) is 1. The largest absolute Gasteiger partial charge is 0.465 e. The number of hydrogen-bond acceptors (Lipinski definition) is 3. The first-order valence-electron chi connectivity index (χ1n) is 9.55. The van der Waals surface area contributed by atoms with E-state index in [1.54, 1.807) is 18.2 Å². The second-order valence-corrected chi connectivity index (χ2v) is 8.26. The van der Waals surface area contributed by atoms with Crippen LogP contribution in [0.3, 0.4) is 0 Å². The van der Waals surface area contributed by atoms with Crippen LogP contribution in [0.15, 0.2) is 24.3 Å². The van der Waals surface area contributed by atoms with E-state index in [-0.39, 0.29) is 11.4 Å². The Morgan fingerprint density at radius 1 is 1.08 bits per heavy atom. The van der Waals surface area contributed by atoms with Gasteiger partial charge in [-0.3, -0.25) is 4.79 Å². The molecule has 134 valence electrons. The lowest BCUT2D eigenvalue weighted by Gasteiger charge is -2.60. The van der Waals surface area contributed by atoms with Crippen molar-refractivity contribution in [2.24, 2.45) is 17.8 Å². The Labute approximate surface area is 149 Å². The molecule has 4 aliphatic carbocycles. The standard InChI is InChI=1S/C21H27NO3/c1-3-22(19(23)17-5-4-6-18(10-17)20(24)25-2)21-11-14-7-15(12-21)9-16(8-14)13-21/h4-6,10,14-16H,3,7-9,11-13H2,1-2H3. The predicted octanol–water partition coefficient (Wildman–Crippen LogP) is 3.90. The molecule has 0 aromatic heterocycles. The molecular formula is C21H27NO3. The summed E-state index contributed by atoms with van der Waals surface area (Å²) in [7, 11) is 1.37. The van der Waals surface area contributed by atoms with E-state index >= 15 is 0 Å². The van der Waals surface area contributed by atoms with Crippen LogP contribution in [0.2, 0.25) is 0 Å². The number of carbonyl (C=O) groups is 2. The normalized spacial score (nSPS) is 32.5. The summed E-state index contributed by atoms with van der Waals surface area (Å²) in [5.41, 5.74) is 1.08. The SMILES string of the molecule is CCN(C(=O)c1cccc(C(=O)OC)c1)C12CC3CC(CC(C3)C1)C2. The average Bonchev–Trinajstić information content (AvgIpc) is 2.60. The van der Waals surface area contributed by atoms with Gasteiger partial charge in [0.25, 0.3) is 5.91 Å². The van der Waals surface area contributed by atoms with Crippen molar-refractivity contribution in [2.75, 3.05) is 13.7 Å². The van der Waals surface area contributed by atoms with Gasteiger partial charge in [0.05, 0.1) is 12.7 Å². The molecule has 1 amide bonds. The quantitative estimate of drug-likeness (QED) is 0.780. The zero-order valence-corrected chi connectivity index (χ0v) is 15.2. The van der Waals surface area contributed by atoms with Crippen LogP contribution in [0.25, 0.3) is 0 Å². The molecule has 4 fully saturated rings. The number of hydrogen-bond donors (Lipinski definition) is 0. The molecule has 4 heteroatoms. The van der Waals surface area contributed by atoms with E-state index in [9.17, 15) is 9.59 Å². The Kier molecular flexibility index (Phi) is 4.09. The van der Waals surface area contributed by atoms with Crippen LogP contribution in [0, 0.1) is 17.8 Å². The number of methoxy groups -OCH3 is 1. The molecule has 4 saturated carbocycles. The molecule has 0 atom stereocenters. The van der Waals surface area contributed by atoms with E-state index in [2.05, 4.69) is 11.8 Å². The van der Waals surface area contributed by atoms with E-state index in [0.717, 1.165) is 43.6 Å². The maximum atomic E-state index is 13.3. The van der Waals surface area contributed by atoms with Crippen LogP contribution in [-0.4, -0.2) is 36.0 Å². The summed E-state index contributed by atoms with van der Waals surface area (Å²) in [6.07, 6.45) is 7.58. The molecule has 0 N–H and O–H groups in total. The number of carbonyl (C=O) groups excluding carboxylic acids is 2. The van der Waals surface area contributed by atoms with Crippen molar-refractivity contribution in [2.45, 2.75) is 51.0 Å². The van der Waals surface area contributed by atoms with E-state index in [0.29, 0.717) is 11.1 Å². The molecule has 5 rings (SSSR count). The Bertz CT molecular complexity index is 661. The van der Waals surface area contributed by atoms with Gasteiger partial charge in [0.15, 0.2) is 0 Å². The van der Waals surface area contributed by atoms with E-state index in [1.807, 2.05) is 6.07 Å². The van der Waals surface area contributed by atoms with Gasteiger partial charge >= 0.3 is 5.97 Å². The highest BCUT2D eigenvalue weighted by molar-refractivity contribution is 5.98. The maximum Gasteiger partial charge on any atom is 0.337 e. The highest BCUT2D eigenvalue weighted by Crippen LogP contribution is 2.57. The van der Waals surface area contributed by atoms with Crippen molar-refractivity contribution in [3.05, 3.63) is 35.4 Å². The minimum absolute atomic E-state index is 0.0435. The molecular weight excluding hydrogens is 314 g/mol. The molecule has 4 nitrogen and oxygen atoms in total. The predicted molar refractivity (Wildman–Crippen MR) is 95.4 cm³/mol. The van der Waals surface area contributed by atoms with Gasteiger partial charge in [-0.05, 0) is 81.4 Å². The summed E-state index contributed by atoms with van der Waals surface area (Å²) in [6, 6.07) is 6.96. The molecule has 4 aliphatic rings. The molecule has 0 spiro atoms. The Morgan fingerprint density at radius 2 is 1.64 bits per heavy atom. The summed E-state index contributed by atoms with van der Waals surface area (Å²) in [4.78, 5) is 27.2. The minimum atomic E-state index is -0.396. The summed E-state index contributed by atoms with van der Waals surface area (Å²) < 4.78 is 4.79. The van der Waals surface area contributed by atoms with Crippen LogP contribution in [-0.2, 0) is 4.74 Å². The van der Waals surface area contributed by atoms with Gasteiger partial charge in [-0.2, -0.15) is 0 Å². The van der Waals surface area contributed by atoms with Crippen molar-refractivity contribution < 1.29 is 14.3 Å². The van der Waals surface area contributed by atoms with Crippen LogP contribution < -0.4 is 0 Å². The third-order valence-corrected chi connectivity index (χ3v) is 6.67. The fourth-order valence-electron chi connectivity index (χ4n) is 6.14. The summed E-state index contributed by atoms with van der Waals surface area (Å²) in [6.45, 7) is 2.81. The van der Waals surface area contributed by atoms with Gasteiger partial charge in [0.2, 0.25) is 0 Å². The van der Waals surface area contributed by atoms with Crippen molar-refractivity contribution in [3.8, 4) is 0 Å². The van der Waals surface area contributed by atoms with Crippen molar-refractivity contribution >= 4 is 11.9 Å². The van der Waals surface area contributed by atoms with Crippen LogP contribution >= 0.6 is 0 Å². The van der Waals surface area contributed by atoms with Gasteiger partial charge in [0, 0.05) is 17.6 Å². The van der Waals surface area contributed by atoms with Crippen LogP contribution in [0.1, 0.15) is 66.2 Å². The van der Waals surface area contributed by atoms with Gasteiger partial charge in [-0.15, -0.1) is 0 Å². The number of rotatable bonds is 4. The Balaban J connectivity index is 1.63. The fraction of sp³-hybridized carbons (Fsp3) is 0.619. The monoisotopic (exact) mass is 341 g/mol. The molecule has 4 bridgehead atoms. The number of amides is 1. The third kappa shape index (κ3) is 2.76. The zero-order chi connectivity index (χ0) is 17.6. The van der Waals surface area contributed by atoms with Crippen LogP contribution in [0.4, 0.5) is 0 Å². The van der Waals surface area contributed by atoms with E-state index in [4.69, 9.17) is 4.74 Å². The highest BCUT2D eigenvalue weighted by atomic mass is 16.5. The smallest absolute Gasteiger partial charge is 0.337 e. The zero-order valence-electron chi connectivity index (χ0n) is 15.2. The van der Waals surface area contributed by atoms with Gasteiger partial charge in [-0.1, -0.05) is 6.07 Å². The third-order valence-electron chi connectivity index (χ3n) is 6.67. The van der Waals surface area contributed by atoms with Crippen molar-refractivity contribution in [1.82, 2.24) is 4.90 Å². The second kappa shape index (κ2) is 6.15. The summed E-state index contributed by atoms with van der Waals surface area (Å²) in [5, 5.41) is 0. The number of nitrogens with zero attached hydrogens (tertiary/aromatic N) is 1. The molecule has 1 aromatic carbocycles. The molecule has 0 heterocycles. The molecule has 0 aliphatic heterocycles. The lowest BCUT2D eigenvalue weighted by molar-refractivity contribution is -0.0731. The Morgan fingerprint density at radius 3 is 2.16 bits per heavy atom. The first-order valence-corrected chi connectivity index (χ1v) is 9.55. The topological polar surface area (TPSA) is 46.6 Å². The molecule has 0 unspecified atom stereocenters. The molecule has 0 saturated heterocycles. The summed E-state index contributed by atoms with van der Waals surface area (Å²) >= 11 is 0. The highest BCUT2D eigenvalue weighted by Gasteiger charge is 2.54. The maximum absolute atomic E-state index is 13.3. The van der Waals surface area contributed by atoms with Crippen molar-refractivity contribution in [1.29, 1.82) is 0 Å². The first-order chi connectivity index (χ1) is 12.0. The number of benzene rings is 1. The minimum Gasteiger partial charge on any atom is -0.465 e. The Hall–Kier alpha value is -1.84. The summed E-state index contributed by atoms with van der Waals surface area (Å²) in [5.74, 6) is 2.07. The first kappa shape index (κ1) is 16.6. The number of esters is 1. The fourth-order valence-corrected chi connectivity index (χ4v) is 6.14. The second-order valence-electron chi connectivity index (χ2n) is 8.26. The lowest BCUT2D eigenvalue weighted by atomic mass is 9.52. The van der Waals surface area contributed by atoms with Gasteiger partial charge < -0.3 is 9.64 Å². The van der Waals surface area contributed by atoms with Crippen molar-refractivity contribution in [3.63, 3.8) is 0 Å². The molecule has 1 aromatic rings. The van der Waals surface area contributed by atoms with E-state index < -0.39 is 5.97 Å².